The summed E-state index contributed by atoms with van der Waals surface area (Å²) in [6, 6.07) is 8.65. The molecule has 0 aromatic heterocycles. The summed E-state index contributed by atoms with van der Waals surface area (Å²) in [6.45, 7) is 6.17. The van der Waals surface area contributed by atoms with Crippen LogP contribution in [0.15, 0.2) is 29.3 Å². The van der Waals surface area contributed by atoms with Crippen molar-refractivity contribution in [2.75, 3.05) is 23.3 Å². The lowest BCUT2D eigenvalue weighted by Gasteiger charge is -2.22. The second kappa shape index (κ2) is 5.91. The van der Waals surface area contributed by atoms with Crippen LogP contribution >= 0.6 is 27.7 Å². The molecule has 1 aliphatic rings. The number of rotatable bonds is 3. The maximum atomic E-state index is 4.63. The van der Waals surface area contributed by atoms with Gasteiger partial charge in [0.1, 0.15) is 0 Å². The molecule has 0 aliphatic carbocycles. The monoisotopic (exact) mass is 312 g/mol. The first-order valence-corrected chi connectivity index (χ1v) is 7.86. The van der Waals surface area contributed by atoms with Crippen LogP contribution in [0.3, 0.4) is 0 Å². The van der Waals surface area contributed by atoms with Crippen molar-refractivity contribution in [3.05, 3.63) is 29.8 Å². The van der Waals surface area contributed by atoms with Gasteiger partial charge in [-0.25, -0.2) is 0 Å². The Morgan fingerprint density at radius 2 is 2.12 bits per heavy atom. The molecule has 92 valence electrons. The van der Waals surface area contributed by atoms with Gasteiger partial charge in [0.15, 0.2) is 5.17 Å². The smallest absolute Gasteiger partial charge is 0.164 e. The van der Waals surface area contributed by atoms with Crippen molar-refractivity contribution < 1.29 is 0 Å². The van der Waals surface area contributed by atoms with Gasteiger partial charge < -0.3 is 4.90 Å². The minimum Gasteiger partial charge on any atom is -0.322 e. The number of benzene rings is 1. The topological polar surface area (TPSA) is 15.6 Å². The molecule has 0 bridgehead atoms. The van der Waals surface area contributed by atoms with E-state index in [2.05, 4.69) is 63.9 Å². The molecule has 0 saturated carbocycles. The molecule has 0 spiro atoms. The number of hydrogen-bond donors (Lipinski definition) is 0. The predicted molar refractivity (Wildman–Crippen MR) is 81.7 cm³/mol. The van der Waals surface area contributed by atoms with Gasteiger partial charge in [0.2, 0.25) is 0 Å². The summed E-state index contributed by atoms with van der Waals surface area (Å²) in [7, 11) is 0. The Balaban J connectivity index is 2.14. The first-order valence-electron chi connectivity index (χ1n) is 5.86. The Morgan fingerprint density at radius 1 is 1.41 bits per heavy atom. The van der Waals surface area contributed by atoms with E-state index in [0.29, 0.717) is 5.25 Å². The van der Waals surface area contributed by atoms with Crippen molar-refractivity contribution in [3.63, 3.8) is 0 Å². The van der Waals surface area contributed by atoms with Crippen LogP contribution in [0, 0.1) is 6.92 Å². The fourth-order valence-electron chi connectivity index (χ4n) is 1.79. The molecule has 0 fully saturated rings. The number of hydrogen-bond acceptors (Lipinski definition) is 3. The second-order valence-electron chi connectivity index (χ2n) is 4.10. The van der Waals surface area contributed by atoms with E-state index in [9.17, 15) is 0 Å². The van der Waals surface area contributed by atoms with E-state index in [1.807, 2.05) is 11.8 Å². The highest BCUT2D eigenvalue weighted by Gasteiger charge is 2.23. The Kier molecular flexibility index (Phi) is 4.51. The Hall–Kier alpha value is -0.480. The van der Waals surface area contributed by atoms with Crippen LogP contribution in [0.4, 0.5) is 5.69 Å². The maximum Gasteiger partial charge on any atom is 0.164 e. The molecule has 1 atom stereocenters. The third-order valence-electron chi connectivity index (χ3n) is 2.77. The molecule has 2 rings (SSSR count). The molecular formula is C13H17BrN2S. The quantitative estimate of drug-likeness (QED) is 0.791. The van der Waals surface area contributed by atoms with Crippen LogP contribution < -0.4 is 4.90 Å². The summed E-state index contributed by atoms with van der Waals surface area (Å²) in [4.78, 5) is 6.92. The molecule has 0 radical (unpaired) electrons. The Labute approximate surface area is 116 Å². The number of anilines is 1. The van der Waals surface area contributed by atoms with Crippen molar-refractivity contribution in [3.8, 4) is 0 Å². The summed E-state index contributed by atoms with van der Waals surface area (Å²) in [6.07, 6.45) is 0. The highest BCUT2D eigenvalue weighted by Crippen LogP contribution is 2.28. The number of aliphatic imine (C=N–C) groups is 1. The third kappa shape index (κ3) is 3.05. The van der Waals surface area contributed by atoms with Gasteiger partial charge in [0, 0.05) is 22.8 Å². The van der Waals surface area contributed by atoms with Crippen molar-refractivity contribution >= 4 is 38.5 Å². The highest BCUT2D eigenvalue weighted by molar-refractivity contribution is 9.09. The van der Waals surface area contributed by atoms with E-state index < -0.39 is 0 Å². The van der Waals surface area contributed by atoms with Gasteiger partial charge in [-0.2, -0.15) is 0 Å². The fourth-order valence-corrected chi connectivity index (χ4v) is 3.41. The SMILES string of the molecule is CCN(C1=NCC(CBr)S1)c1ccc(C)cc1. The summed E-state index contributed by atoms with van der Waals surface area (Å²) in [5.41, 5.74) is 2.53. The molecule has 1 aromatic rings. The molecule has 1 heterocycles. The third-order valence-corrected chi connectivity index (χ3v) is 5.19. The lowest BCUT2D eigenvalue weighted by atomic mass is 10.2. The molecule has 0 amide bonds. The van der Waals surface area contributed by atoms with Crippen molar-refractivity contribution in [2.24, 2.45) is 4.99 Å². The van der Waals surface area contributed by atoms with Crippen LogP contribution in [-0.2, 0) is 0 Å². The number of aryl methyl sites for hydroxylation is 1. The van der Waals surface area contributed by atoms with Gasteiger partial charge in [-0.1, -0.05) is 45.4 Å². The van der Waals surface area contributed by atoms with E-state index in [-0.39, 0.29) is 0 Å². The molecule has 1 unspecified atom stereocenters. The standard InChI is InChI=1S/C13H17BrN2S/c1-3-16(11-6-4-10(2)5-7-11)13-15-9-12(8-14)17-13/h4-7,12H,3,8-9H2,1-2H3. The molecular weight excluding hydrogens is 296 g/mol. The molecule has 0 saturated heterocycles. The van der Waals surface area contributed by atoms with Crippen LogP contribution in [0.1, 0.15) is 12.5 Å². The first kappa shape index (κ1) is 13.0. The molecule has 17 heavy (non-hydrogen) atoms. The number of alkyl halides is 1. The molecule has 4 heteroatoms. The van der Waals surface area contributed by atoms with Gasteiger partial charge >= 0.3 is 0 Å². The minimum absolute atomic E-state index is 0.587. The van der Waals surface area contributed by atoms with E-state index in [4.69, 9.17) is 0 Å². The zero-order valence-electron chi connectivity index (χ0n) is 10.2. The average Bonchev–Trinajstić information content (AvgIpc) is 2.81. The van der Waals surface area contributed by atoms with E-state index in [1.54, 1.807) is 0 Å². The normalized spacial score (nSPS) is 19.2. The van der Waals surface area contributed by atoms with E-state index in [0.717, 1.165) is 23.6 Å². The number of nitrogens with zero attached hydrogens (tertiary/aromatic N) is 2. The predicted octanol–water partition coefficient (Wildman–Crippen LogP) is 3.69. The number of amidine groups is 1. The largest absolute Gasteiger partial charge is 0.322 e. The van der Waals surface area contributed by atoms with Crippen LogP contribution in [0.25, 0.3) is 0 Å². The average molecular weight is 313 g/mol. The highest BCUT2D eigenvalue weighted by atomic mass is 79.9. The second-order valence-corrected chi connectivity index (χ2v) is 6.01. The fraction of sp³-hybridized carbons (Fsp3) is 0.462. The zero-order chi connectivity index (χ0) is 12.3. The maximum absolute atomic E-state index is 4.63. The van der Waals surface area contributed by atoms with Gasteiger partial charge in [0.05, 0.1) is 6.54 Å². The lowest BCUT2D eigenvalue weighted by Crippen LogP contribution is -2.27. The lowest BCUT2D eigenvalue weighted by molar-refractivity contribution is 0.982. The minimum atomic E-state index is 0.587. The molecule has 1 aromatic carbocycles. The zero-order valence-corrected chi connectivity index (χ0v) is 12.6. The van der Waals surface area contributed by atoms with Gasteiger partial charge in [-0.3, -0.25) is 4.99 Å². The van der Waals surface area contributed by atoms with Crippen LogP contribution in [-0.4, -0.2) is 28.8 Å². The molecule has 1 aliphatic heterocycles. The first-order chi connectivity index (χ1) is 8.24. The van der Waals surface area contributed by atoms with Crippen LogP contribution in [0.5, 0.6) is 0 Å². The van der Waals surface area contributed by atoms with Crippen molar-refractivity contribution in [2.45, 2.75) is 19.1 Å². The van der Waals surface area contributed by atoms with Gasteiger partial charge in [-0.15, -0.1) is 0 Å². The number of halogens is 1. The summed E-state index contributed by atoms with van der Waals surface area (Å²) < 4.78 is 0. The van der Waals surface area contributed by atoms with Gasteiger partial charge in [-0.05, 0) is 26.0 Å². The van der Waals surface area contributed by atoms with Crippen molar-refractivity contribution in [1.82, 2.24) is 0 Å². The Morgan fingerprint density at radius 3 is 2.65 bits per heavy atom. The van der Waals surface area contributed by atoms with Crippen molar-refractivity contribution in [1.29, 1.82) is 0 Å². The van der Waals surface area contributed by atoms with Gasteiger partial charge in [0.25, 0.3) is 0 Å². The summed E-state index contributed by atoms with van der Waals surface area (Å²) in [5, 5.41) is 2.75. The molecule has 2 nitrogen and oxygen atoms in total. The molecule has 0 N–H and O–H groups in total. The number of thioether (sulfide) groups is 1. The van der Waals surface area contributed by atoms with Crippen LogP contribution in [0.2, 0.25) is 0 Å². The summed E-state index contributed by atoms with van der Waals surface area (Å²) in [5.74, 6) is 0. The summed E-state index contributed by atoms with van der Waals surface area (Å²) >= 11 is 5.40. The Bertz CT molecular complexity index is 402. The van der Waals surface area contributed by atoms with E-state index >= 15 is 0 Å². The van der Waals surface area contributed by atoms with E-state index in [1.165, 1.54) is 11.3 Å².